The number of hydrogen-bond donors (Lipinski definition) is 0. The van der Waals surface area contributed by atoms with E-state index in [1.165, 1.54) is 5.56 Å². The van der Waals surface area contributed by atoms with E-state index in [1.807, 2.05) is 31.2 Å². The minimum atomic E-state index is 0.179. The van der Waals surface area contributed by atoms with Crippen molar-refractivity contribution in [3.8, 4) is 34.4 Å². The van der Waals surface area contributed by atoms with Crippen LogP contribution in [0.4, 0.5) is 0 Å². The Labute approximate surface area is 150 Å². The fourth-order valence-corrected chi connectivity index (χ4v) is 3.04. The largest absolute Gasteiger partial charge is 0.356 e. The first-order valence-corrected chi connectivity index (χ1v) is 8.33. The van der Waals surface area contributed by atoms with E-state index in [0.717, 1.165) is 17.1 Å². The van der Waals surface area contributed by atoms with Crippen LogP contribution in [0.2, 0.25) is 9.36 Å². The molecular formula is C15H8Cl2N4O2S. The molecule has 3 aromatic heterocycles. The molecule has 0 radical (unpaired) electrons. The predicted molar refractivity (Wildman–Crippen MR) is 91.1 cm³/mol. The summed E-state index contributed by atoms with van der Waals surface area (Å²) in [5, 5.41) is 8.16. The fourth-order valence-electron chi connectivity index (χ4n) is 2.05. The van der Waals surface area contributed by atoms with Crippen molar-refractivity contribution in [2.24, 2.45) is 0 Å². The topological polar surface area (TPSA) is 77.8 Å². The molecule has 0 aliphatic rings. The van der Waals surface area contributed by atoms with Crippen LogP contribution < -0.4 is 0 Å². The van der Waals surface area contributed by atoms with Gasteiger partial charge in [-0.2, -0.15) is 9.36 Å². The van der Waals surface area contributed by atoms with Crippen molar-refractivity contribution in [3.05, 3.63) is 45.3 Å². The first kappa shape index (κ1) is 15.3. The van der Waals surface area contributed by atoms with Gasteiger partial charge in [-0.15, -0.1) is 0 Å². The van der Waals surface area contributed by atoms with E-state index in [2.05, 4.69) is 19.7 Å². The maximum atomic E-state index is 6.05. The molecule has 0 bridgehead atoms. The third-order valence-electron chi connectivity index (χ3n) is 3.30. The zero-order valence-electron chi connectivity index (χ0n) is 12.2. The molecule has 1 aromatic carbocycles. The van der Waals surface area contributed by atoms with Crippen LogP contribution in [0.1, 0.15) is 5.56 Å². The van der Waals surface area contributed by atoms with Gasteiger partial charge in [-0.3, -0.25) is 0 Å². The second-order valence-corrected chi connectivity index (χ2v) is 6.74. The minimum Gasteiger partial charge on any atom is -0.356 e. The van der Waals surface area contributed by atoms with Crippen LogP contribution in [0, 0.1) is 6.92 Å². The molecular weight excluding hydrogens is 371 g/mol. The zero-order valence-corrected chi connectivity index (χ0v) is 14.5. The third-order valence-corrected chi connectivity index (χ3v) is 4.91. The number of aromatic nitrogens is 4. The standard InChI is InChI=1S/C15H8Cl2N4O2S/c1-7-2-4-8(5-3-7)10-6-9(19-22-10)14-18-15(23-20-14)12-11(16)13(17)24-21-12/h2-6H,1H3. The fraction of sp³-hybridized carbons (Fsp3) is 0.0667. The molecule has 4 rings (SSSR count). The van der Waals surface area contributed by atoms with E-state index in [4.69, 9.17) is 32.2 Å². The molecule has 0 fully saturated rings. The van der Waals surface area contributed by atoms with Crippen molar-refractivity contribution in [2.75, 3.05) is 0 Å². The lowest BCUT2D eigenvalue weighted by Gasteiger charge is -1.95. The van der Waals surface area contributed by atoms with Crippen molar-refractivity contribution in [1.29, 1.82) is 0 Å². The molecule has 0 spiro atoms. The number of rotatable bonds is 3. The molecule has 120 valence electrons. The van der Waals surface area contributed by atoms with Crippen molar-refractivity contribution < 1.29 is 9.05 Å². The molecule has 6 nitrogen and oxygen atoms in total. The lowest BCUT2D eigenvalue weighted by Crippen LogP contribution is -1.81. The smallest absolute Gasteiger partial charge is 0.279 e. The van der Waals surface area contributed by atoms with Gasteiger partial charge < -0.3 is 9.05 Å². The average molecular weight is 379 g/mol. The van der Waals surface area contributed by atoms with E-state index in [9.17, 15) is 0 Å². The van der Waals surface area contributed by atoms with Crippen molar-refractivity contribution in [3.63, 3.8) is 0 Å². The zero-order chi connectivity index (χ0) is 16.7. The Balaban J connectivity index is 1.66. The van der Waals surface area contributed by atoms with Crippen molar-refractivity contribution in [2.45, 2.75) is 6.92 Å². The molecule has 0 saturated carbocycles. The van der Waals surface area contributed by atoms with Gasteiger partial charge in [0.15, 0.2) is 17.1 Å². The Morgan fingerprint density at radius 3 is 2.54 bits per heavy atom. The van der Waals surface area contributed by atoms with Crippen LogP contribution >= 0.6 is 34.7 Å². The average Bonchev–Trinajstić information content (AvgIpc) is 3.29. The summed E-state index contributed by atoms with van der Waals surface area (Å²) in [5.41, 5.74) is 2.89. The Morgan fingerprint density at radius 2 is 1.83 bits per heavy atom. The van der Waals surface area contributed by atoms with Gasteiger partial charge in [0, 0.05) is 11.6 Å². The second-order valence-electron chi connectivity index (χ2n) is 4.98. The number of halogens is 2. The monoisotopic (exact) mass is 378 g/mol. The van der Waals surface area contributed by atoms with Crippen molar-refractivity contribution >= 4 is 34.7 Å². The molecule has 0 amide bonds. The molecule has 0 N–H and O–H groups in total. The quantitative estimate of drug-likeness (QED) is 0.491. The van der Waals surface area contributed by atoms with Crippen LogP contribution in [0.3, 0.4) is 0 Å². The summed E-state index contributed by atoms with van der Waals surface area (Å²) >= 11 is 13.0. The molecule has 4 aromatic rings. The number of nitrogens with zero attached hydrogens (tertiary/aromatic N) is 4. The molecule has 0 atom stereocenters. The number of benzene rings is 1. The van der Waals surface area contributed by atoms with Gasteiger partial charge in [-0.25, -0.2) is 0 Å². The van der Waals surface area contributed by atoms with E-state index in [0.29, 0.717) is 21.5 Å². The lowest BCUT2D eigenvalue weighted by molar-refractivity contribution is 0.423. The van der Waals surface area contributed by atoms with E-state index < -0.39 is 0 Å². The summed E-state index contributed by atoms with van der Waals surface area (Å²) in [6.07, 6.45) is 0. The van der Waals surface area contributed by atoms with Crippen LogP contribution in [-0.4, -0.2) is 19.7 Å². The molecule has 9 heteroatoms. The molecule has 0 aliphatic carbocycles. The summed E-state index contributed by atoms with van der Waals surface area (Å²) < 4.78 is 15.0. The van der Waals surface area contributed by atoms with Crippen LogP contribution in [0.15, 0.2) is 39.4 Å². The molecule has 24 heavy (non-hydrogen) atoms. The molecule has 3 heterocycles. The highest BCUT2D eigenvalue weighted by Gasteiger charge is 2.20. The van der Waals surface area contributed by atoms with Crippen LogP contribution in [0.25, 0.3) is 34.4 Å². The number of hydrogen-bond acceptors (Lipinski definition) is 7. The van der Waals surface area contributed by atoms with Gasteiger partial charge >= 0.3 is 0 Å². The normalized spacial score (nSPS) is 11.1. The van der Waals surface area contributed by atoms with Gasteiger partial charge in [0.25, 0.3) is 5.89 Å². The maximum Gasteiger partial charge on any atom is 0.279 e. The Hall–Kier alpha value is -2.22. The highest BCUT2D eigenvalue weighted by Crippen LogP contribution is 2.36. The summed E-state index contributed by atoms with van der Waals surface area (Å²) in [4.78, 5) is 4.25. The van der Waals surface area contributed by atoms with Gasteiger partial charge in [0.2, 0.25) is 5.82 Å². The summed E-state index contributed by atoms with van der Waals surface area (Å²) in [7, 11) is 0. The summed E-state index contributed by atoms with van der Waals surface area (Å²) in [6.45, 7) is 2.02. The highest BCUT2D eigenvalue weighted by atomic mass is 35.5. The number of aryl methyl sites for hydroxylation is 1. The molecule has 0 aliphatic heterocycles. The SMILES string of the molecule is Cc1ccc(-c2cc(-c3noc(-c4nsc(Cl)c4Cl)n3)no2)cc1. The third kappa shape index (κ3) is 2.71. The van der Waals surface area contributed by atoms with Crippen LogP contribution in [0.5, 0.6) is 0 Å². The Morgan fingerprint density at radius 1 is 1.04 bits per heavy atom. The first-order chi connectivity index (χ1) is 11.6. The first-order valence-electron chi connectivity index (χ1n) is 6.80. The van der Waals surface area contributed by atoms with Gasteiger partial charge in [-0.05, 0) is 18.5 Å². The van der Waals surface area contributed by atoms with Crippen LogP contribution in [-0.2, 0) is 0 Å². The van der Waals surface area contributed by atoms with E-state index in [1.54, 1.807) is 6.07 Å². The van der Waals surface area contributed by atoms with E-state index >= 15 is 0 Å². The van der Waals surface area contributed by atoms with E-state index in [-0.39, 0.29) is 16.7 Å². The van der Waals surface area contributed by atoms with Gasteiger partial charge in [-0.1, -0.05) is 63.3 Å². The maximum absolute atomic E-state index is 6.05. The van der Waals surface area contributed by atoms with Gasteiger partial charge in [0.05, 0.1) is 0 Å². The lowest BCUT2D eigenvalue weighted by atomic mass is 10.1. The highest BCUT2D eigenvalue weighted by molar-refractivity contribution is 7.11. The molecule has 0 unspecified atom stereocenters. The minimum absolute atomic E-state index is 0.179. The predicted octanol–water partition coefficient (Wildman–Crippen LogP) is 5.13. The Bertz CT molecular complexity index is 1010. The van der Waals surface area contributed by atoms with Gasteiger partial charge in [0.1, 0.15) is 9.36 Å². The molecule has 0 saturated heterocycles. The summed E-state index contributed by atoms with van der Waals surface area (Å²) in [6, 6.07) is 9.65. The Kier molecular flexibility index (Phi) is 3.84. The summed E-state index contributed by atoms with van der Waals surface area (Å²) in [5.74, 6) is 1.08. The second kappa shape index (κ2) is 6.01. The van der Waals surface area contributed by atoms with Crippen molar-refractivity contribution in [1.82, 2.24) is 19.7 Å².